The van der Waals surface area contributed by atoms with Crippen LogP contribution in [-0.2, 0) is 4.79 Å². The van der Waals surface area contributed by atoms with Crippen molar-refractivity contribution in [3.05, 3.63) is 52.4 Å². The number of aromatic nitrogens is 1. The molecule has 3 nitrogen and oxygen atoms in total. The van der Waals surface area contributed by atoms with E-state index in [0.29, 0.717) is 11.1 Å². The van der Waals surface area contributed by atoms with Gasteiger partial charge in [-0.15, -0.1) is 0 Å². The summed E-state index contributed by atoms with van der Waals surface area (Å²) in [5.74, 6) is 4.94. The van der Waals surface area contributed by atoms with E-state index in [-0.39, 0.29) is 16.9 Å². The topological polar surface area (TPSA) is 39.2 Å². The molecule has 0 atom stereocenters. The molecule has 0 saturated carbocycles. The Hall–Kier alpha value is -2.32. The van der Waals surface area contributed by atoms with Crippen molar-refractivity contribution >= 4 is 30.9 Å². The Morgan fingerprint density at radius 1 is 1.33 bits per heavy atom. The number of carbonyl (C=O) groups excluding carboxylic acids is 1. The Bertz CT molecular complexity index is 751. The third-order valence-corrected chi connectivity index (χ3v) is 2.93. The van der Waals surface area contributed by atoms with Crippen LogP contribution < -0.4 is 10.2 Å². The molecular formula is C15H10BClFNO2. The lowest BCUT2D eigenvalue weighted by Crippen LogP contribution is -2.12. The van der Waals surface area contributed by atoms with Crippen LogP contribution in [-0.4, -0.2) is 18.8 Å². The van der Waals surface area contributed by atoms with E-state index in [1.165, 1.54) is 19.1 Å². The van der Waals surface area contributed by atoms with E-state index in [4.69, 9.17) is 16.3 Å². The zero-order chi connectivity index (χ0) is 15.4. The van der Waals surface area contributed by atoms with Crippen molar-refractivity contribution in [1.29, 1.82) is 0 Å². The van der Waals surface area contributed by atoms with Crippen LogP contribution in [0.3, 0.4) is 0 Å². The van der Waals surface area contributed by atoms with Crippen LogP contribution >= 0.6 is 11.6 Å². The molecule has 2 rings (SSSR count). The number of halogens is 2. The minimum absolute atomic E-state index is 0.0627. The standard InChI is InChI=1S/C15H10BClFNO2/c1-9(20)21-15-11(8-13(16)14(17)19-15)5-2-10-3-6-12(18)7-4-10/h3-4,6-8H,16H2,1H3. The Labute approximate surface area is 127 Å². The zero-order valence-electron chi connectivity index (χ0n) is 11.4. The molecular weight excluding hydrogens is 291 g/mol. The lowest BCUT2D eigenvalue weighted by molar-refractivity contribution is -0.132. The first kappa shape index (κ1) is 15.1. The number of hydrogen-bond acceptors (Lipinski definition) is 3. The van der Waals surface area contributed by atoms with Gasteiger partial charge in [-0.25, -0.2) is 9.37 Å². The van der Waals surface area contributed by atoms with Crippen molar-refractivity contribution < 1.29 is 13.9 Å². The predicted octanol–water partition coefficient (Wildman–Crippen LogP) is 1.46. The highest BCUT2D eigenvalue weighted by Gasteiger charge is 2.09. The molecule has 0 aliphatic heterocycles. The normalized spacial score (nSPS) is 9.67. The highest BCUT2D eigenvalue weighted by atomic mass is 35.5. The molecule has 0 unspecified atom stereocenters. The maximum atomic E-state index is 12.8. The van der Waals surface area contributed by atoms with E-state index in [1.54, 1.807) is 26.0 Å². The largest absolute Gasteiger partial charge is 0.406 e. The Balaban J connectivity index is 2.41. The number of esters is 1. The first-order chi connectivity index (χ1) is 9.95. The summed E-state index contributed by atoms with van der Waals surface area (Å²) in [6.45, 7) is 1.27. The zero-order valence-corrected chi connectivity index (χ0v) is 12.2. The molecule has 1 heterocycles. The van der Waals surface area contributed by atoms with Gasteiger partial charge in [0.05, 0.1) is 5.56 Å². The molecule has 104 valence electrons. The highest BCUT2D eigenvalue weighted by Crippen LogP contribution is 2.16. The SMILES string of the molecule is Bc1cc(C#Cc2ccc(F)cc2)c(OC(C)=O)nc1Cl. The summed E-state index contributed by atoms with van der Waals surface area (Å²) in [6, 6.07) is 7.45. The van der Waals surface area contributed by atoms with Gasteiger partial charge >= 0.3 is 5.97 Å². The predicted molar refractivity (Wildman–Crippen MR) is 81.1 cm³/mol. The molecule has 0 spiro atoms. The van der Waals surface area contributed by atoms with Gasteiger partial charge in [-0.3, -0.25) is 4.79 Å². The van der Waals surface area contributed by atoms with Gasteiger partial charge in [0.25, 0.3) is 0 Å². The number of hydrogen-bond donors (Lipinski definition) is 0. The molecule has 0 N–H and O–H groups in total. The minimum atomic E-state index is -0.507. The summed E-state index contributed by atoms with van der Waals surface area (Å²) in [7, 11) is 1.77. The molecule has 6 heteroatoms. The number of rotatable bonds is 1. The van der Waals surface area contributed by atoms with Gasteiger partial charge in [0, 0.05) is 12.5 Å². The van der Waals surface area contributed by atoms with E-state index >= 15 is 0 Å². The second-order valence-corrected chi connectivity index (χ2v) is 4.66. The molecule has 0 radical (unpaired) electrons. The number of pyridine rings is 1. The smallest absolute Gasteiger partial charge is 0.309 e. The molecule has 0 aliphatic rings. The van der Waals surface area contributed by atoms with Gasteiger partial charge < -0.3 is 4.74 Å². The summed E-state index contributed by atoms with van der Waals surface area (Å²) in [5.41, 5.74) is 1.80. The fourth-order valence-corrected chi connectivity index (χ4v) is 1.68. The van der Waals surface area contributed by atoms with Gasteiger partial charge in [0.2, 0.25) is 5.88 Å². The van der Waals surface area contributed by atoms with Gasteiger partial charge in [0.1, 0.15) is 18.8 Å². The van der Waals surface area contributed by atoms with Crippen LogP contribution in [0.4, 0.5) is 4.39 Å². The number of benzene rings is 1. The van der Waals surface area contributed by atoms with E-state index in [2.05, 4.69) is 16.8 Å². The lowest BCUT2D eigenvalue weighted by atomic mass is 9.97. The monoisotopic (exact) mass is 301 g/mol. The average Bonchev–Trinajstić information content (AvgIpc) is 2.42. The van der Waals surface area contributed by atoms with Crippen molar-refractivity contribution in [3.8, 4) is 17.7 Å². The summed E-state index contributed by atoms with van der Waals surface area (Å²) in [4.78, 5) is 15.1. The molecule has 0 bridgehead atoms. The molecule has 0 amide bonds. The van der Waals surface area contributed by atoms with Crippen LogP contribution in [0.5, 0.6) is 5.88 Å². The first-order valence-electron chi connectivity index (χ1n) is 6.09. The fraction of sp³-hybridized carbons (Fsp3) is 0.0667. The van der Waals surface area contributed by atoms with Gasteiger partial charge in [-0.05, 0) is 30.3 Å². The Kier molecular flexibility index (Phi) is 4.61. The molecule has 21 heavy (non-hydrogen) atoms. The molecule has 1 aromatic carbocycles. The maximum absolute atomic E-state index is 12.8. The molecule has 0 fully saturated rings. The number of carbonyl (C=O) groups is 1. The number of nitrogens with zero attached hydrogens (tertiary/aromatic N) is 1. The van der Waals surface area contributed by atoms with Gasteiger partial charge in [0.15, 0.2) is 0 Å². The van der Waals surface area contributed by atoms with Gasteiger partial charge in [-0.1, -0.05) is 28.9 Å². The summed E-state index contributed by atoms with van der Waals surface area (Å²) >= 11 is 5.91. The van der Waals surface area contributed by atoms with E-state index < -0.39 is 5.97 Å². The lowest BCUT2D eigenvalue weighted by Gasteiger charge is -2.05. The number of ether oxygens (including phenoxy) is 1. The third-order valence-electron chi connectivity index (χ3n) is 2.54. The van der Waals surface area contributed by atoms with Crippen molar-refractivity contribution in [3.63, 3.8) is 0 Å². The molecule has 0 aliphatic carbocycles. The average molecular weight is 302 g/mol. The third kappa shape index (κ3) is 4.07. The van der Waals surface area contributed by atoms with Crippen molar-refractivity contribution in [2.45, 2.75) is 6.92 Å². The van der Waals surface area contributed by atoms with Crippen molar-refractivity contribution in [1.82, 2.24) is 4.98 Å². The van der Waals surface area contributed by atoms with Gasteiger partial charge in [-0.2, -0.15) is 0 Å². The van der Waals surface area contributed by atoms with E-state index in [9.17, 15) is 9.18 Å². The van der Waals surface area contributed by atoms with Crippen LogP contribution in [0, 0.1) is 17.7 Å². The van der Waals surface area contributed by atoms with Crippen LogP contribution in [0.25, 0.3) is 0 Å². The minimum Gasteiger partial charge on any atom is -0.406 e. The second-order valence-electron chi connectivity index (χ2n) is 4.30. The summed E-state index contributed by atoms with van der Waals surface area (Å²) < 4.78 is 17.8. The van der Waals surface area contributed by atoms with E-state index in [0.717, 1.165) is 5.46 Å². The summed E-state index contributed by atoms with van der Waals surface area (Å²) in [6.07, 6.45) is 0. The maximum Gasteiger partial charge on any atom is 0.309 e. The quantitative estimate of drug-likeness (QED) is 0.346. The fourth-order valence-electron chi connectivity index (χ4n) is 1.55. The highest BCUT2D eigenvalue weighted by molar-refractivity contribution is 6.44. The second kappa shape index (κ2) is 6.42. The first-order valence-corrected chi connectivity index (χ1v) is 6.46. The van der Waals surface area contributed by atoms with Crippen molar-refractivity contribution in [2.24, 2.45) is 0 Å². The Morgan fingerprint density at radius 3 is 2.62 bits per heavy atom. The summed E-state index contributed by atoms with van der Waals surface area (Å²) in [5, 5.41) is 0.249. The van der Waals surface area contributed by atoms with Crippen LogP contribution in [0.2, 0.25) is 5.15 Å². The Morgan fingerprint density at radius 2 is 2.00 bits per heavy atom. The van der Waals surface area contributed by atoms with Crippen molar-refractivity contribution in [2.75, 3.05) is 0 Å². The molecule has 2 aromatic rings. The van der Waals surface area contributed by atoms with Crippen LogP contribution in [0.1, 0.15) is 18.1 Å². The molecule has 0 saturated heterocycles. The van der Waals surface area contributed by atoms with Crippen LogP contribution in [0.15, 0.2) is 30.3 Å². The molecule has 1 aromatic heterocycles. The van der Waals surface area contributed by atoms with E-state index in [1.807, 2.05) is 0 Å².